The third-order valence-electron chi connectivity index (χ3n) is 3.35. The second-order valence-electron chi connectivity index (χ2n) is 4.72. The Balaban J connectivity index is 2.04. The van der Waals surface area contributed by atoms with E-state index in [2.05, 4.69) is 23.1 Å². The summed E-state index contributed by atoms with van der Waals surface area (Å²) in [5.41, 5.74) is 1.08. The molecule has 1 aliphatic heterocycles. The second kappa shape index (κ2) is 4.72. The summed E-state index contributed by atoms with van der Waals surface area (Å²) in [4.78, 5) is 8.04. The Labute approximate surface area is 115 Å². The van der Waals surface area contributed by atoms with Gasteiger partial charge in [0.2, 0.25) is 0 Å². The van der Waals surface area contributed by atoms with Gasteiger partial charge in [0.15, 0.2) is 10.8 Å². The van der Waals surface area contributed by atoms with Gasteiger partial charge in [0.1, 0.15) is 0 Å². The van der Waals surface area contributed by atoms with Crippen LogP contribution in [0.4, 0.5) is 5.82 Å². The fraction of sp³-hybridized carbons (Fsp3) is 0.583. The van der Waals surface area contributed by atoms with E-state index < -0.39 is 0 Å². The average Bonchev–Trinajstić information content (AvgIpc) is 2.91. The summed E-state index contributed by atoms with van der Waals surface area (Å²) in [6.07, 6.45) is 2.27. The highest BCUT2D eigenvalue weighted by Crippen LogP contribution is 2.29. The molecule has 2 aromatic heterocycles. The van der Waals surface area contributed by atoms with Crippen molar-refractivity contribution in [1.29, 1.82) is 0 Å². The van der Waals surface area contributed by atoms with E-state index in [-0.39, 0.29) is 6.10 Å². The lowest BCUT2D eigenvalue weighted by molar-refractivity contribution is 0.0340. The molecule has 4 nitrogen and oxygen atoms in total. The Hall–Kier alpha value is -0.780. The van der Waals surface area contributed by atoms with Gasteiger partial charge in [0.25, 0.3) is 0 Å². The molecule has 0 spiro atoms. The number of anilines is 1. The number of nitrogens with zero attached hydrogens (tertiary/aromatic N) is 3. The lowest BCUT2D eigenvalue weighted by atomic mass is 10.2. The van der Waals surface area contributed by atoms with Gasteiger partial charge in [-0.15, -0.1) is 22.9 Å². The molecule has 0 aliphatic carbocycles. The van der Waals surface area contributed by atoms with Crippen LogP contribution in [0.3, 0.4) is 0 Å². The van der Waals surface area contributed by atoms with Crippen molar-refractivity contribution in [2.75, 3.05) is 18.1 Å². The summed E-state index contributed by atoms with van der Waals surface area (Å²) >= 11 is 7.74. The average molecular weight is 286 g/mol. The van der Waals surface area contributed by atoms with Crippen LogP contribution in [0.2, 0.25) is 0 Å². The van der Waals surface area contributed by atoms with Gasteiger partial charge < -0.3 is 9.64 Å². The molecule has 0 radical (unpaired) electrons. The van der Waals surface area contributed by atoms with Gasteiger partial charge in [0, 0.05) is 18.1 Å². The van der Waals surface area contributed by atoms with Gasteiger partial charge in [-0.3, -0.25) is 4.40 Å². The molecule has 3 heterocycles. The molecule has 0 amide bonds. The number of aromatic nitrogens is 2. The molecule has 0 saturated carbocycles. The van der Waals surface area contributed by atoms with E-state index in [1.165, 1.54) is 0 Å². The van der Waals surface area contributed by atoms with Crippen LogP contribution in [0, 0.1) is 0 Å². The van der Waals surface area contributed by atoms with E-state index in [9.17, 15) is 0 Å². The van der Waals surface area contributed by atoms with Crippen LogP contribution >= 0.6 is 22.9 Å². The Morgan fingerprint density at radius 1 is 1.56 bits per heavy atom. The minimum Gasteiger partial charge on any atom is -0.375 e. The summed E-state index contributed by atoms with van der Waals surface area (Å²) in [7, 11) is 0. The maximum Gasteiger partial charge on any atom is 0.195 e. The fourth-order valence-electron chi connectivity index (χ4n) is 2.37. The quantitative estimate of drug-likeness (QED) is 0.795. The molecule has 18 heavy (non-hydrogen) atoms. The van der Waals surface area contributed by atoms with Gasteiger partial charge in [-0.05, 0) is 13.8 Å². The lowest BCUT2D eigenvalue weighted by Crippen LogP contribution is -2.48. The first-order chi connectivity index (χ1) is 8.70. The number of halogens is 1. The molecule has 2 aromatic rings. The van der Waals surface area contributed by atoms with Crippen LogP contribution in [0.25, 0.3) is 4.96 Å². The van der Waals surface area contributed by atoms with E-state index in [0.717, 1.165) is 29.6 Å². The normalized spacial score (nSPS) is 24.9. The van der Waals surface area contributed by atoms with Crippen molar-refractivity contribution in [3.8, 4) is 0 Å². The Kier molecular flexibility index (Phi) is 3.21. The molecule has 2 unspecified atom stereocenters. The molecule has 1 saturated heterocycles. The zero-order valence-electron chi connectivity index (χ0n) is 10.5. The molecular weight excluding hydrogens is 270 g/mol. The molecule has 0 bridgehead atoms. The summed E-state index contributed by atoms with van der Waals surface area (Å²) in [5.74, 6) is 1.49. The zero-order chi connectivity index (χ0) is 12.7. The van der Waals surface area contributed by atoms with E-state index in [1.807, 2.05) is 11.6 Å². The van der Waals surface area contributed by atoms with Crippen molar-refractivity contribution < 1.29 is 4.74 Å². The number of hydrogen-bond donors (Lipinski definition) is 0. The fourth-order valence-corrected chi connectivity index (χ4v) is 3.35. The van der Waals surface area contributed by atoms with Gasteiger partial charge >= 0.3 is 0 Å². The first kappa shape index (κ1) is 12.3. The SMILES string of the molecule is CC1CN(c2nc3sccn3c2CCl)C(C)CO1. The molecule has 0 N–H and O–H groups in total. The molecule has 0 aromatic carbocycles. The number of fused-ring (bicyclic) bond motifs is 1. The Bertz CT molecular complexity index is 553. The van der Waals surface area contributed by atoms with Crippen LogP contribution < -0.4 is 4.90 Å². The highest BCUT2D eigenvalue weighted by atomic mass is 35.5. The number of alkyl halides is 1. The minimum atomic E-state index is 0.240. The van der Waals surface area contributed by atoms with Gasteiger partial charge in [-0.25, -0.2) is 4.98 Å². The first-order valence-corrected chi connectivity index (χ1v) is 7.50. The predicted molar refractivity (Wildman–Crippen MR) is 74.8 cm³/mol. The monoisotopic (exact) mass is 285 g/mol. The molecular formula is C12H16ClN3OS. The van der Waals surface area contributed by atoms with Crippen LogP contribution in [0.15, 0.2) is 11.6 Å². The summed E-state index contributed by atoms with van der Waals surface area (Å²) in [6.45, 7) is 5.87. The largest absolute Gasteiger partial charge is 0.375 e. The number of ether oxygens (including phenoxy) is 1. The number of rotatable bonds is 2. The van der Waals surface area contributed by atoms with Crippen LogP contribution in [-0.2, 0) is 10.6 Å². The van der Waals surface area contributed by atoms with Crippen LogP contribution in [0.5, 0.6) is 0 Å². The number of imidazole rings is 1. The highest BCUT2D eigenvalue weighted by molar-refractivity contribution is 7.15. The second-order valence-corrected chi connectivity index (χ2v) is 5.86. The highest BCUT2D eigenvalue weighted by Gasteiger charge is 2.28. The standard InChI is InChI=1S/C12H16ClN3OS/c1-8-7-17-9(2)6-16(8)11-10(5-13)15-3-4-18-12(15)14-11/h3-4,8-9H,5-7H2,1-2H3. The zero-order valence-corrected chi connectivity index (χ0v) is 12.0. The van der Waals surface area contributed by atoms with E-state index in [0.29, 0.717) is 11.9 Å². The van der Waals surface area contributed by atoms with E-state index in [1.54, 1.807) is 11.3 Å². The Morgan fingerprint density at radius 3 is 3.17 bits per heavy atom. The van der Waals surface area contributed by atoms with Crippen molar-refractivity contribution >= 4 is 33.7 Å². The molecule has 3 rings (SSSR count). The van der Waals surface area contributed by atoms with E-state index >= 15 is 0 Å². The predicted octanol–water partition coefficient (Wildman–Crippen LogP) is 2.75. The van der Waals surface area contributed by atoms with Crippen molar-refractivity contribution in [1.82, 2.24) is 9.38 Å². The van der Waals surface area contributed by atoms with Gasteiger partial charge in [-0.1, -0.05) is 0 Å². The van der Waals surface area contributed by atoms with Gasteiger partial charge in [-0.2, -0.15) is 0 Å². The number of thiazole rings is 1. The van der Waals surface area contributed by atoms with Crippen LogP contribution in [0.1, 0.15) is 19.5 Å². The van der Waals surface area contributed by atoms with Crippen molar-refractivity contribution in [3.05, 3.63) is 17.3 Å². The number of hydrogen-bond acceptors (Lipinski definition) is 4. The topological polar surface area (TPSA) is 29.8 Å². The third kappa shape index (κ3) is 1.90. The van der Waals surface area contributed by atoms with Crippen LogP contribution in [-0.4, -0.2) is 34.7 Å². The van der Waals surface area contributed by atoms with Gasteiger partial charge in [0.05, 0.1) is 30.3 Å². The smallest absolute Gasteiger partial charge is 0.195 e. The van der Waals surface area contributed by atoms with E-state index in [4.69, 9.17) is 21.3 Å². The summed E-state index contributed by atoms with van der Waals surface area (Å²) in [5, 5.41) is 2.04. The summed E-state index contributed by atoms with van der Waals surface area (Å²) in [6, 6.07) is 0.341. The molecule has 6 heteroatoms. The van der Waals surface area contributed by atoms with Crippen molar-refractivity contribution in [2.24, 2.45) is 0 Å². The lowest BCUT2D eigenvalue weighted by Gasteiger charge is -2.37. The number of morpholine rings is 1. The Morgan fingerprint density at radius 2 is 2.39 bits per heavy atom. The molecule has 1 aliphatic rings. The molecule has 98 valence electrons. The minimum absolute atomic E-state index is 0.240. The maximum atomic E-state index is 6.10. The maximum absolute atomic E-state index is 6.10. The molecule has 1 fully saturated rings. The molecule has 2 atom stereocenters. The van der Waals surface area contributed by atoms with Crippen molar-refractivity contribution in [3.63, 3.8) is 0 Å². The summed E-state index contributed by atoms with van der Waals surface area (Å²) < 4.78 is 7.75. The van der Waals surface area contributed by atoms with Crippen molar-refractivity contribution in [2.45, 2.75) is 31.9 Å². The first-order valence-electron chi connectivity index (χ1n) is 6.09. The third-order valence-corrected chi connectivity index (χ3v) is 4.36.